The molecule has 7 heteroatoms. The van der Waals surface area contributed by atoms with Gasteiger partial charge in [-0.05, 0) is 38.8 Å². The number of rotatable bonds is 12. The van der Waals surface area contributed by atoms with E-state index in [2.05, 4.69) is 21.2 Å². The van der Waals surface area contributed by atoms with Gasteiger partial charge in [0.2, 0.25) is 5.91 Å². The monoisotopic (exact) mass is 417 g/mol. The Kier molecular flexibility index (Phi) is 10.4. The van der Waals surface area contributed by atoms with Crippen molar-refractivity contribution >= 4 is 30.6 Å². The largest absolute Gasteiger partial charge is 0.500 e. The molecule has 0 bridgehead atoms. The molecule has 0 spiro atoms. The lowest BCUT2D eigenvalue weighted by atomic mass is 10.1. The molecule has 1 amide bonds. The van der Waals surface area contributed by atoms with Crippen LogP contribution in [0.15, 0.2) is 28.7 Å². The Labute approximate surface area is 154 Å². The summed E-state index contributed by atoms with van der Waals surface area (Å²) in [6, 6.07) is 8.46. The molecule has 1 aromatic carbocycles. The molecule has 0 radical (unpaired) electrons. The lowest BCUT2D eigenvalue weighted by Gasteiger charge is -2.28. The summed E-state index contributed by atoms with van der Waals surface area (Å²) in [5.74, 6) is 0.0124. The summed E-state index contributed by atoms with van der Waals surface area (Å²) in [7, 11) is -2.61. The zero-order valence-corrected chi connectivity index (χ0v) is 17.4. The van der Waals surface area contributed by atoms with E-state index in [1.54, 1.807) is 0 Å². The van der Waals surface area contributed by atoms with Crippen LogP contribution in [0.1, 0.15) is 32.8 Å². The van der Waals surface area contributed by atoms with Crippen LogP contribution in [0.25, 0.3) is 0 Å². The van der Waals surface area contributed by atoms with Gasteiger partial charge in [0.15, 0.2) is 0 Å². The number of halogens is 1. The first-order valence-electron chi connectivity index (χ1n) is 8.48. The van der Waals surface area contributed by atoms with E-state index in [0.29, 0.717) is 38.8 Å². The molecule has 24 heavy (non-hydrogen) atoms. The van der Waals surface area contributed by atoms with Crippen molar-refractivity contribution in [3.63, 3.8) is 0 Å². The number of hydrogen-bond acceptors (Lipinski definition) is 4. The number of amides is 1. The molecule has 0 fully saturated rings. The minimum absolute atomic E-state index is 0.0124. The first-order chi connectivity index (χ1) is 11.6. The Bertz CT molecular complexity index is 484. The Morgan fingerprint density at radius 1 is 1.08 bits per heavy atom. The zero-order chi connectivity index (χ0) is 17.8. The van der Waals surface area contributed by atoms with E-state index in [1.807, 2.05) is 45.0 Å². The molecule has 1 aromatic rings. The minimum atomic E-state index is -2.61. The van der Waals surface area contributed by atoms with Crippen molar-refractivity contribution in [3.05, 3.63) is 34.3 Å². The van der Waals surface area contributed by atoms with Gasteiger partial charge in [-0.3, -0.25) is 4.79 Å². The summed E-state index contributed by atoms with van der Waals surface area (Å²) in [4.78, 5) is 12.1. The molecular weight excluding hydrogens is 390 g/mol. The van der Waals surface area contributed by atoms with Crippen LogP contribution in [-0.4, -0.2) is 41.1 Å². The molecule has 0 saturated carbocycles. The highest BCUT2D eigenvalue weighted by molar-refractivity contribution is 9.10. The van der Waals surface area contributed by atoms with Crippen LogP contribution in [0.3, 0.4) is 0 Å². The quantitative estimate of drug-likeness (QED) is 0.417. The zero-order valence-electron chi connectivity index (χ0n) is 14.8. The number of nitrogens with one attached hydrogen (secondary N) is 1. The predicted molar refractivity (Wildman–Crippen MR) is 101 cm³/mol. The summed E-state index contributed by atoms with van der Waals surface area (Å²) in [5.41, 5.74) is 0.983. The van der Waals surface area contributed by atoms with Gasteiger partial charge in [0.1, 0.15) is 0 Å². The van der Waals surface area contributed by atoms with Crippen molar-refractivity contribution < 1.29 is 18.1 Å². The van der Waals surface area contributed by atoms with E-state index < -0.39 is 8.80 Å². The SMILES string of the molecule is CCO[Si](CCCNC(=O)Cc1ccccc1Br)(OCC)OCC. The highest BCUT2D eigenvalue weighted by Crippen LogP contribution is 2.18. The summed E-state index contributed by atoms with van der Waals surface area (Å²) in [5, 5.41) is 2.95. The van der Waals surface area contributed by atoms with Crippen molar-refractivity contribution in [1.82, 2.24) is 5.32 Å². The third-order valence-electron chi connectivity index (χ3n) is 3.38. The number of carbonyl (C=O) groups is 1. The molecule has 0 saturated heterocycles. The van der Waals surface area contributed by atoms with Crippen molar-refractivity contribution in [2.75, 3.05) is 26.4 Å². The van der Waals surface area contributed by atoms with Crippen LogP contribution in [0.2, 0.25) is 6.04 Å². The van der Waals surface area contributed by atoms with Crippen LogP contribution < -0.4 is 5.32 Å². The molecule has 5 nitrogen and oxygen atoms in total. The second-order valence-electron chi connectivity index (χ2n) is 5.20. The molecule has 0 unspecified atom stereocenters. The maximum Gasteiger partial charge on any atom is 0.500 e. The van der Waals surface area contributed by atoms with Gasteiger partial charge in [0.05, 0.1) is 6.42 Å². The van der Waals surface area contributed by atoms with Crippen LogP contribution in [0, 0.1) is 0 Å². The molecule has 0 aliphatic carbocycles. The molecule has 0 aromatic heterocycles. The number of benzene rings is 1. The van der Waals surface area contributed by atoms with Crippen molar-refractivity contribution in [1.29, 1.82) is 0 Å². The number of hydrogen-bond donors (Lipinski definition) is 1. The van der Waals surface area contributed by atoms with Crippen LogP contribution in [0.4, 0.5) is 0 Å². The fourth-order valence-corrected chi connectivity index (χ4v) is 5.45. The topological polar surface area (TPSA) is 56.8 Å². The molecule has 0 aliphatic rings. The third-order valence-corrected chi connectivity index (χ3v) is 7.31. The molecule has 0 atom stereocenters. The second kappa shape index (κ2) is 11.8. The van der Waals surface area contributed by atoms with Gasteiger partial charge in [0, 0.05) is 36.9 Å². The predicted octanol–water partition coefficient (Wildman–Crippen LogP) is 3.55. The Balaban J connectivity index is 2.41. The molecular formula is C17H28BrNO4Si. The van der Waals surface area contributed by atoms with E-state index in [9.17, 15) is 4.79 Å². The van der Waals surface area contributed by atoms with Gasteiger partial charge in [-0.25, -0.2) is 0 Å². The van der Waals surface area contributed by atoms with Crippen LogP contribution in [-0.2, 0) is 24.5 Å². The molecule has 136 valence electrons. The van der Waals surface area contributed by atoms with E-state index in [4.69, 9.17) is 13.3 Å². The highest BCUT2D eigenvalue weighted by Gasteiger charge is 2.39. The van der Waals surface area contributed by atoms with Crippen molar-refractivity contribution in [2.24, 2.45) is 0 Å². The summed E-state index contributed by atoms with van der Waals surface area (Å²) < 4.78 is 18.4. The van der Waals surface area contributed by atoms with Crippen LogP contribution >= 0.6 is 15.9 Å². The van der Waals surface area contributed by atoms with Gasteiger partial charge < -0.3 is 18.6 Å². The third kappa shape index (κ3) is 7.44. The fraction of sp³-hybridized carbons (Fsp3) is 0.588. The maximum atomic E-state index is 12.1. The minimum Gasteiger partial charge on any atom is -0.374 e. The average molecular weight is 418 g/mol. The Morgan fingerprint density at radius 2 is 1.67 bits per heavy atom. The van der Waals surface area contributed by atoms with Gasteiger partial charge in [0.25, 0.3) is 0 Å². The van der Waals surface area contributed by atoms with E-state index in [1.165, 1.54) is 0 Å². The average Bonchev–Trinajstić information content (AvgIpc) is 2.55. The summed E-state index contributed by atoms with van der Waals surface area (Å²) >= 11 is 3.46. The van der Waals surface area contributed by atoms with Crippen molar-refractivity contribution in [3.8, 4) is 0 Å². The first kappa shape index (κ1) is 21.3. The van der Waals surface area contributed by atoms with Gasteiger partial charge in [-0.1, -0.05) is 34.1 Å². The molecule has 1 rings (SSSR count). The van der Waals surface area contributed by atoms with E-state index >= 15 is 0 Å². The first-order valence-corrected chi connectivity index (χ1v) is 11.2. The van der Waals surface area contributed by atoms with E-state index in [0.717, 1.165) is 16.5 Å². The van der Waals surface area contributed by atoms with E-state index in [-0.39, 0.29) is 5.91 Å². The summed E-state index contributed by atoms with van der Waals surface area (Å²) in [6.45, 7) is 8.13. The highest BCUT2D eigenvalue weighted by atomic mass is 79.9. The Morgan fingerprint density at radius 3 is 2.21 bits per heavy atom. The molecule has 1 N–H and O–H groups in total. The number of carbonyl (C=O) groups excluding carboxylic acids is 1. The molecule has 0 aliphatic heterocycles. The second-order valence-corrected chi connectivity index (χ2v) is 8.79. The molecule has 0 heterocycles. The fourth-order valence-electron chi connectivity index (χ4n) is 2.41. The maximum absolute atomic E-state index is 12.1. The van der Waals surface area contributed by atoms with Gasteiger partial charge >= 0.3 is 8.80 Å². The van der Waals surface area contributed by atoms with Crippen molar-refractivity contribution in [2.45, 2.75) is 39.7 Å². The standard InChI is InChI=1S/C17H28BrNO4Si/c1-4-21-24(22-5-2,23-6-3)13-9-12-19-17(20)14-15-10-7-8-11-16(15)18/h7-8,10-11H,4-6,9,12-14H2,1-3H3,(H,19,20). The smallest absolute Gasteiger partial charge is 0.374 e. The Hall–Kier alpha value is -0.733. The summed E-state index contributed by atoms with van der Waals surface area (Å²) in [6.07, 6.45) is 1.14. The lowest BCUT2D eigenvalue weighted by Crippen LogP contribution is -2.46. The normalized spacial score (nSPS) is 11.5. The lowest BCUT2D eigenvalue weighted by molar-refractivity contribution is -0.120. The van der Waals surface area contributed by atoms with Crippen LogP contribution in [0.5, 0.6) is 0 Å². The van der Waals surface area contributed by atoms with Gasteiger partial charge in [-0.15, -0.1) is 0 Å². The van der Waals surface area contributed by atoms with Gasteiger partial charge in [-0.2, -0.15) is 0 Å².